The number of carboxylic acid groups (broad SMARTS) is 2. The third-order valence-electron chi connectivity index (χ3n) is 4.10. The topological polar surface area (TPSA) is 225 Å². The predicted octanol–water partition coefficient (Wildman–Crippen LogP) is 1.20. The lowest BCUT2D eigenvalue weighted by atomic mass is 10.1. The number of rotatable bonds is 10. The Balaban J connectivity index is 0. The Kier molecular flexibility index (Phi) is 22.2. The highest BCUT2D eigenvalue weighted by molar-refractivity contribution is 5.89. The first-order valence-corrected chi connectivity index (χ1v) is 11.3. The van der Waals surface area contributed by atoms with Crippen molar-refractivity contribution < 1.29 is 29.4 Å². The van der Waals surface area contributed by atoms with Gasteiger partial charge in [-0.15, -0.1) is 0 Å². The van der Waals surface area contributed by atoms with E-state index in [1.807, 2.05) is 18.2 Å². The standard InChI is InChI=1S/C9H9NO2.C8H11N.C6H14N2O2.C2H5NO2/c1-7(12)10-9-4-2-8(6-11)3-5-9;9-7-6-8-4-2-1-3-5-8;7-4-2-1-3-5(8)6(9)10;3-1-2(4)5/h2-6H,1H3,(H,10,12);1-5H,6-7,9H2;5H,1-4,7-8H2,(H,9,10);1,3H2,(H,4,5)/t;;5-;/m..0./s1. The predicted molar refractivity (Wildman–Crippen MR) is 141 cm³/mol. The number of aliphatic carboxylic acids is 2. The number of hydrogen-bond donors (Lipinski definition) is 7. The van der Waals surface area contributed by atoms with Gasteiger partial charge in [-0.25, -0.2) is 0 Å². The van der Waals surface area contributed by atoms with Crippen molar-refractivity contribution in [3.8, 4) is 0 Å². The second kappa shape index (κ2) is 23.1. The van der Waals surface area contributed by atoms with Crippen LogP contribution in [0.5, 0.6) is 0 Å². The van der Waals surface area contributed by atoms with Crippen LogP contribution in [0.4, 0.5) is 5.69 Å². The van der Waals surface area contributed by atoms with Crippen molar-refractivity contribution in [1.29, 1.82) is 0 Å². The summed E-state index contributed by atoms with van der Waals surface area (Å²) in [6.45, 7) is 2.50. The second-order valence-electron chi connectivity index (χ2n) is 7.27. The fraction of sp³-hybridized carbons (Fsp3) is 0.360. The summed E-state index contributed by atoms with van der Waals surface area (Å²) in [7, 11) is 0. The molecule has 2 rings (SSSR count). The van der Waals surface area contributed by atoms with E-state index in [0.717, 1.165) is 32.1 Å². The number of carbonyl (C=O) groups excluding carboxylic acids is 2. The molecule has 0 radical (unpaired) electrons. The summed E-state index contributed by atoms with van der Waals surface area (Å²) in [5.41, 5.74) is 23.0. The number of nitrogens with two attached hydrogens (primary N) is 4. The van der Waals surface area contributed by atoms with Gasteiger partial charge in [-0.05, 0) is 62.2 Å². The van der Waals surface area contributed by atoms with Gasteiger partial charge in [0.1, 0.15) is 12.3 Å². The second-order valence-corrected chi connectivity index (χ2v) is 7.27. The van der Waals surface area contributed by atoms with Gasteiger partial charge in [-0.3, -0.25) is 19.2 Å². The molecule has 0 saturated carbocycles. The molecule has 0 aliphatic rings. The molecule has 0 aromatic heterocycles. The van der Waals surface area contributed by atoms with E-state index in [4.69, 9.17) is 27.4 Å². The lowest BCUT2D eigenvalue weighted by Crippen LogP contribution is -2.29. The molecule has 36 heavy (non-hydrogen) atoms. The molecule has 2 aromatic rings. The maximum Gasteiger partial charge on any atom is 0.320 e. The van der Waals surface area contributed by atoms with Crippen LogP contribution in [0, 0.1) is 0 Å². The summed E-state index contributed by atoms with van der Waals surface area (Å²) in [6, 6.07) is 16.2. The van der Waals surface area contributed by atoms with Crippen LogP contribution in [0.1, 0.15) is 42.1 Å². The summed E-state index contributed by atoms with van der Waals surface area (Å²) < 4.78 is 0. The van der Waals surface area contributed by atoms with Gasteiger partial charge in [-0.2, -0.15) is 0 Å². The van der Waals surface area contributed by atoms with Crippen LogP contribution >= 0.6 is 0 Å². The number of aldehydes is 1. The molecule has 2 aromatic carbocycles. The van der Waals surface area contributed by atoms with Gasteiger partial charge in [0, 0.05) is 18.2 Å². The lowest BCUT2D eigenvalue weighted by molar-refractivity contribution is -0.139. The zero-order valence-corrected chi connectivity index (χ0v) is 20.6. The van der Waals surface area contributed by atoms with Crippen LogP contribution in [0.3, 0.4) is 0 Å². The molecule has 0 saturated heterocycles. The number of carboxylic acids is 2. The van der Waals surface area contributed by atoms with Gasteiger partial charge in [0.15, 0.2) is 0 Å². The highest BCUT2D eigenvalue weighted by Gasteiger charge is 2.09. The van der Waals surface area contributed by atoms with E-state index in [1.165, 1.54) is 12.5 Å². The third kappa shape index (κ3) is 22.2. The largest absolute Gasteiger partial charge is 0.480 e. The van der Waals surface area contributed by atoms with Crippen LogP contribution in [0.25, 0.3) is 0 Å². The number of nitrogens with one attached hydrogen (secondary N) is 1. The van der Waals surface area contributed by atoms with Crippen LogP contribution in [-0.4, -0.2) is 60.0 Å². The van der Waals surface area contributed by atoms with Gasteiger partial charge in [0.2, 0.25) is 5.91 Å². The summed E-state index contributed by atoms with van der Waals surface area (Å²) in [6.07, 6.45) is 3.91. The quantitative estimate of drug-likeness (QED) is 0.180. The third-order valence-corrected chi connectivity index (χ3v) is 4.10. The molecular formula is C25H39N5O6. The molecule has 11 N–H and O–H groups in total. The lowest BCUT2D eigenvalue weighted by Gasteiger charge is -2.03. The number of benzene rings is 2. The van der Waals surface area contributed by atoms with Crippen molar-refractivity contribution in [1.82, 2.24) is 0 Å². The van der Waals surface area contributed by atoms with Gasteiger partial charge in [0.25, 0.3) is 0 Å². The van der Waals surface area contributed by atoms with Crippen LogP contribution in [0.15, 0.2) is 54.6 Å². The van der Waals surface area contributed by atoms with E-state index >= 15 is 0 Å². The maximum atomic E-state index is 10.6. The summed E-state index contributed by atoms with van der Waals surface area (Å²) in [5, 5.41) is 18.5. The molecule has 1 amide bonds. The van der Waals surface area contributed by atoms with Gasteiger partial charge in [0.05, 0.1) is 6.54 Å². The minimum atomic E-state index is -0.968. The van der Waals surface area contributed by atoms with Crippen molar-refractivity contribution in [2.75, 3.05) is 25.0 Å². The van der Waals surface area contributed by atoms with Crippen molar-refractivity contribution >= 4 is 29.8 Å². The van der Waals surface area contributed by atoms with Gasteiger partial charge >= 0.3 is 11.9 Å². The molecular weight excluding hydrogens is 466 g/mol. The highest BCUT2D eigenvalue weighted by atomic mass is 16.4. The fourth-order valence-corrected chi connectivity index (χ4v) is 2.29. The maximum absolute atomic E-state index is 10.6. The summed E-state index contributed by atoms with van der Waals surface area (Å²) >= 11 is 0. The summed E-state index contributed by atoms with van der Waals surface area (Å²) in [4.78, 5) is 40.2. The Morgan fingerprint density at radius 1 is 0.917 bits per heavy atom. The average Bonchev–Trinajstić information content (AvgIpc) is 2.86. The minimum Gasteiger partial charge on any atom is -0.480 e. The Bertz CT molecular complexity index is 863. The summed E-state index contributed by atoms with van der Waals surface area (Å²) in [5.74, 6) is -2.02. The monoisotopic (exact) mass is 505 g/mol. The number of unbranched alkanes of at least 4 members (excludes halogenated alkanes) is 1. The van der Waals surface area contributed by atoms with E-state index in [2.05, 4.69) is 23.2 Å². The fourth-order valence-electron chi connectivity index (χ4n) is 2.29. The highest BCUT2D eigenvalue weighted by Crippen LogP contribution is 2.07. The van der Waals surface area contributed by atoms with Gasteiger partial charge < -0.3 is 38.5 Å². The van der Waals surface area contributed by atoms with E-state index in [9.17, 15) is 19.2 Å². The molecule has 1 atom stereocenters. The molecule has 11 nitrogen and oxygen atoms in total. The molecule has 0 unspecified atom stereocenters. The SMILES string of the molecule is CC(=O)Nc1ccc(C=O)cc1.NCC(=O)O.NCCCC[C@H](N)C(=O)O.NCCc1ccccc1. The van der Waals surface area contributed by atoms with E-state index in [-0.39, 0.29) is 12.5 Å². The molecule has 0 aliphatic heterocycles. The van der Waals surface area contributed by atoms with Crippen molar-refractivity contribution in [2.45, 2.75) is 38.6 Å². The van der Waals surface area contributed by atoms with Crippen LogP contribution < -0.4 is 28.3 Å². The Morgan fingerprint density at radius 3 is 1.86 bits per heavy atom. The Hall–Kier alpha value is -3.64. The van der Waals surface area contributed by atoms with Crippen molar-refractivity contribution in [3.05, 3.63) is 65.7 Å². The Labute approximate surface area is 211 Å². The average molecular weight is 506 g/mol. The number of hydrogen-bond acceptors (Lipinski definition) is 8. The van der Waals surface area contributed by atoms with Gasteiger partial charge in [-0.1, -0.05) is 36.8 Å². The molecule has 0 bridgehead atoms. The van der Waals surface area contributed by atoms with Crippen molar-refractivity contribution in [3.63, 3.8) is 0 Å². The molecule has 0 heterocycles. The smallest absolute Gasteiger partial charge is 0.320 e. The van der Waals surface area contributed by atoms with E-state index in [0.29, 0.717) is 24.2 Å². The van der Waals surface area contributed by atoms with E-state index < -0.39 is 18.0 Å². The number of carbonyl (C=O) groups is 4. The first-order chi connectivity index (χ1) is 17.1. The van der Waals surface area contributed by atoms with Crippen LogP contribution in [-0.2, 0) is 20.8 Å². The number of amides is 1. The minimum absolute atomic E-state index is 0.117. The molecule has 0 spiro atoms. The first kappa shape index (κ1) is 34.5. The zero-order chi connectivity index (χ0) is 27.8. The van der Waals surface area contributed by atoms with E-state index in [1.54, 1.807) is 24.3 Å². The van der Waals surface area contributed by atoms with Crippen LogP contribution in [0.2, 0.25) is 0 Å². The van der Waals surface area contributed by atoms with Crippen molar-refractivity contribution in [2.24, 2.45) is 22.9 Å². The number of anilines is 1. The zero-order valence-electron chi connectivity index (χ0n) is 20.6. The molecule has 0 aliphatic carbocycles. The normalized spacial score (nSPS) is 10.0. The first-order valence-electron chi connectivity index (χ1n) is 11.3. The molecule has 200 valence electrons. The Morgan fingerprint density at radius 2 is 1.47 bits per heavy atom. The molecule has 0 fully saturated rings. The molecule has 11 heteroatoms.